The van der Waals surface area contributed by atoms with E-state index in [0.29, 0.717) is 23.8 Å². The highest BCUT2D eigenvalue weighted by atomic mass is 35.5. The maximum Gasteiger partial charge on any atom is 0.338 e. The Balaban J connectivity index is 1.79. The Bertz CT molecular complexity index is 1060. The number of hydrogen-bond donors (Lipinski definition) is 0. The lowest BCUT2D eigenvalue weighted by molar-refractivity contribution is -0.133. The van der Waals surface area contributed by atoms with Crippen LogP contribution in [0.3, 0.4) is 0 Å². The molecular formula is C22H23ClN2O5S. The summed E-state index contributed by atoms with van der Waals surface area (Å²) in [5, 5.41) is 0.480. The van der Waals surface area contributed by atoms with E-state index in [1.165, 1.54) is 30.3 Å². The van der Waals surface area contributed by atoms with Gasteiger partial charge in [-0.1, -0.05) is 23.7 Å². The van der Waals surface area contributed by atoms with Gasteiger partial charge in [0, 0.05) is 18.1 Å². The molecular weight excluding hydrogens is 440 g/mol. The fourth-order valence-corrected chi connectivity index (χ4v) is 4.85. The maximum atomic E-state index is 13.3. The highest BCUT2D eigenvalue weighted by Crippen LogP contribution is 2.26. The van der Waals surface area contributed by atoms with E-state index in [4.69, 9.17) is 16.3 Å². The van der Waals surface area contributed by atoms with Crippen molar-refractivity contribution in [3.8, 4) is 0 Å². The number of anilines is 1. The summed E-state index contributed by atoms with van der Waals surface area (Å²) in [4.78, 5) is 26.1. The minimum Gasteiger partial charge on any atom is -0.452 e. The molecule has 31 heavy (non-hydrogen) atoms. The third kappa shape index (κ3) is 5.45. The quantitative estimate of drug-likeness (QED) is 0.443. The topological polar surface area (TPSA) is 84.0 Å². The molecule has 1 aliphatic heterocycles. The van der Waals surface area contributed by atoms with Gasteiger partial charge in [0.2, 0.25) is 0 Å². The lowest BCUT2D eigenvalue weighted by Gasteiger charge is -2.23. The fourth-order valence-electron chi connectivity index (χ4n) is 3.25. The van der Waals surface area contributed by atoms with Crippen LogP contribution in [0, 0.1) is 0 Å². The van der Waals surface area contributed by atoms with Crippen molar-refractivity contribution in [1.29, 1.82) is 0 Å². The molecule has 1 heterocycles. The first-order valence-electron chi connectivity index (χ1n) is 9.77. The van der Waals surface area contributed by atoms with Crippen molar-refractivity contribution < 1.29 is 22.7 Å². The molecule has 0 atom stereocenters. The Hall–Kier alpha value is -2.84. The van der Waals surface area contributed by atoms with Crippen molar-refractivity contribution in [2.75, 3.05) is 30.5 Å². The standard InChI is InChI=1S/C22H23ClN2O5S/c1-2-12-25(19-10-8-18(23)9-11-19)31(28,29)20-7-5-6-17(15-20)22(27)30-16-21(26)24-13-3-4-14-24/h2,5-11,15H,1,3-4,12-14,16H2. The van der Waals surface area contributed by atoms with Crippen molar-refractivity contribution >= 4 is 39.2 Å². The first-order valence-corrected chi connectivity index (χ1v) is 11.6. The zero-order chi connectivity index (χ0) is 22.4. The van der Waals surface area contributed by atoms with Crippen molar-refractivity contribution in [2.45, 2.75) is 17.7 Å². The van der Waals surface area contributed by atoms with Gasteiger partial charge in [-0.05, 0) is 55.3 Å². The van der Waals surface area contributed by atoms with Crippen LogP contribution in [-0.4, -0.2) is 51.4 Å². The molecule has 0 saturated carbocycles. The van der Waals surface area contributed by atoms with Crippen molar-refractivity contribution in [1.82, 2.24) is 4.90 Å². The van der Waals surface area contributed by atoms with E-state index in [0.717, 1.165) is 17.1 Å². The molecule has 1 fully saturated rings. The number of halogens is 1. The van der Waals surface area contributed by atoms with Crippen LogP contribution in [0.15, 0.2) is 66.1 Å². The number of rotatable bonds is 8. The molecule has 0 aliphatic carbocycles. The molecule has 0 bridgehead atoms. The number of ether oxygens (including phenoxy) is 1. The van der Waals surface area contributed by atoms with Gasteiger partial charge in [-0.25, -0.2) is 13.2 Å². The Labute approximate surface area is 186 Å². The molecule has 0 spiro atoms. The van der Waals surface area contributed by atoms with Gasteiger partial charge in [-0.3, -0.25) is 9.10 Å². The van der Waals surface area contributed by atoms with E-state index < -0.39 is 16.0 Å². The summed E-state index contributed by atoms with van der Waals surface area (Å²) in [5.41, 5.74) is 0.457. The van der Waals surface area contributed by atoms with Gasteiger partial charge in [0.05, 0.1) is 22.7 Å². The predicted octanol–water partition coefficient (Wildman–Crippen LogP) is 3.50. The van der Waals surface area contributed by atoms with Crippen LogP contribution < -0.4 is 4.31 Å². The monoisotopic (exact) mass is 462 g/mol. The van der Waals surface area contributed by atoms with Gasteiger partial charge in [-0.15, -0.1) is 6.58 Å². The Morgan fingerprint density at radius 3 is 2.45 bits per heavy atom. The largest absolute Gasteiger partial charge is 0.452 e. The van der Waals surface area contributed by atoms with Crippen LogP contribution in [0.25, 0.3) is 0 Å². The third-order valence-electron chi connectivity index (χ3n) is 4.85. The molecule has 0 unspecified atom stereocenters. The van der Waals surface area contributed by atoms with E-state index in [-0.39, 0.29) is 29.5 Å². The zero-order valence-corrected chi connectivity index (χ0v) is 18.4. The number of likely N-dealkylation sites (tertiary alicyclic amines) is 1. The molecule has 1 saturated heterocycles. The zero-order valence-electron chi connectivity index (χ0n) is 16.9. The molecule has 9 heteroatoms. The smallest absolute Gasteiger partial charge is 0.338 e. The number of nitrogens with zero attached hydrogens (tertiary/aromatic N) is 2. The van der Waals surface area contributed by atoms with Gasteiger partial charge >= 0.3 is 5.97 Å². The number of carbonyl (C=O) groups is 2. The summed E-state index contributed by atoms with van der Waals surface area (Å²) < 4.78 is 32.8. The Morgan fingerprint density at radius 1 is 1.13 bits per heavy atom. The summed E-state index contributed by atoms with van der Waals surface area (Å²) in [7, 11) is -3.99. The molecule has 0 N–H and O–H groups in total. The molecule has 3 rings (SSSR count). The second-order valence-corrected chi connectivity index (χ2v) is 9.29. The summed E-state index contributed by atoms with van der Waals surface area (Å²) in [6.45, 7) is 4.61. The van der Waals surface area contributed by atoms with Crippen LogP contribution in [0.4, 0.5) is 5.69 Å². The normalized spacial score (nSPS) is 13.6. The lowest BCUT2D eigenvalue weighted by Crippen LogP contribution is -2.32. The second kappa shape index (κ2) is 9.98. The van der Waals surface area contributed by atoms with E-state index in [2.05, 4.69) is 6.58 Å². The SMILES string of the molecule is C=CCN(c1ccc(Cl)cc1)S(=O)(=O)c1cccc(C(=O)OCC(=O)N2CCCC2)c1. The lowest BCUT2D eigenvalue weighted by atomic mass is 10.2. The number of carbonyl (C=O) groups excluding carboxylic acids is 2. The van der Waals surface area contributed by atoms with Gasteiger partial charge in [-0.2, -0.15) is 0 Å². The van der Waals surface area contributed by atoms with Gasteiger partial charge in [0.15, 0.2) is 6.61 Å². The number of sulfonamides is 1. The van der Waals surface area contributed by atoms with Crippen molar-refractivity contribution in [2.24, 2.45) is 0 Å². The Morgan fingerprint density at radius 2 is 1.81 bits per heavy atom. The first kappa shape index (κ1) is 22.8. The fraction of sp³-hybridized carbons (Fsp3) is 0.273. The average Bonchev–Trinajstić information content (AvgIpc) is 3.31. The number of hydrogen-bond acceptors (Lipinski definition) is 5. The van der Waals surface area contributed by atoms with Gasteiger partial charge in [0.1, 0.15) is 0 Å². The average molecular weight is 463 g/mol. The highest BCUT2D eigenvalue weighted by Gasteiger charge is 2.26. The van der Waals surface area contributed by atoms with E-state index in [1.807, 2.05) is 0 Å². The molecule has 2 aromatic rings. The Kier molecular flexibility index (Phi) is 7.35. The minimum atomic E-state index is -3.99. The number of esters is 1. The van der Waals surface area contributed by atoms with Crippen molar-refractivity contribution in [3.63, 3.8) is 0 Å². The summed E-state index contributed by atoms with van der Waals surface area (Å²) in [6, 6.07) is 11.9. The molecule has 1 amide bonds. The predicted molar refractivity (Wildman–Crippen MR) is 119 cm³/mol. The molecule has 7 nitrogen and oxygen atoms in total. The van der Waals surface area contributed by atoms with Crippen LogP contribution in [0.1, 0.15) is 23.2 Å². The molecule has 2 aromatic carbocycles. The summed E-state index contributed by atoms with van der Waals surface area (Å²) >= 11 is 5.91. The van der Waals surface area contributed by atoms with E-state index in [1.54, 1.807) is 29.2 Å². The van der Waals surface area contributed by atoms with Crippen LogP contribution >= 0.6 is 11.6 Å². The molecule has 1 aliphatic rings. The highest BCUT2D eigenvalue weighted by molar-refractivity contribution is 7.92. The number of amides is 1. The van der Waals surface area contributed by atoms with E-state index >= 15 is 0 Å². The maximum absolute atomic E-state index is 13.3. The second-order valence-electron chi connectivity index (χ2n) is 6.99. The van der Waals surface area contributed by atoms with E-state index in [9.17, 15) is 18.0 Å². The third-order valence-corrected chi connectivity index (χ3v) is 6.89. The first-order chi connectivity index (χ1) is 14.8. The van der Waals surface area contributed by atoms with Gasteiger partial charge in [0.25, 0.3) is 15.9 Å². The summed E-state index contributed by atoms with van der Waals surface area (Å²) in [6.07, 6.45) is 3.34. The molecule has 164 valence electrons. The van der Waals surface area contributed by atoms with Crippen LogP contribution in [0.5, 0.6) is 0 Å². The number of benzene rings is 2. The van der Waals surface area contributed by atoms with Crippen LogP contribution in [0.2, 0.25) is 5.02 Å². The van der Waals surface area contributed by atoms with Crippen molar-refractivity contribution in [3.05, 3.63) is 71.8 Å². The van der Waals surface area contributed by atoms with Gasteiger partial charge < -0.3 is 9.64 Å². The molecule has 0 aromatic heterocycles. The van der Waals surface area contributed by atoms with Crippen LogP contribution in [-0.2, 0) is 19.6 Å². The summed E-state index contributed by atoms with van der Waals surface area (Å²) in [5.74, 6) is -1.01. The molecule has 0 radical (unpaired) electrons. The minimum absolute atomic E-state index is 0.0307.